The summed E-state index contributed by atoms with van der Waals surface area (Å²) in [7, 11) is 1.91. The zero-order chi connectivity index (χ0) is 24.1. The van der Waals surface area contributed by atoms with Crippen molar-refractivity contribution in [3.63, 3.8) is 0 Å². The number of β-amino-alcohol motifs (C(OH)–C–C–N with tert-alkyl or cyclic N) is 1. The Balaban J connectivity index is 1.21. The van der Waals surface area contributed by atoms with Crippen LogP contribution in [0, 0.1) is 0 Å². The highest BCUT2D eigenvalue weighted by Gasteiger charge is 2.41. The molecule has 3 aromatic rings. The van der Waals surface area contributed by atoms with Crippen LogP contribution in [0.4, 0.5) is 17.5 Å². The maximum atomic E-state index is 13.0. The number of fused-ring (bicyclic) bond motifs is 5. The van der Waals surface area contributed by atoms with Crippen LogP contribution >= 0.6 is 0 Å². The van der Waals surface area contributed by atoms with Crippen LogP contribution < -0.4 is 10.2 Å². The molecular weight excluding hydrogens is 444 g/mol. The van der Waals surface area contributed by atoms with Crippen molar-refractivity contribution in [2.45, 2.75) is 44.3 Å². The maximum absolute atomic E-state index is 13.0. The van der Waals surface area contributed by atoms with Crippen molar-refractivity contribution in [3.8, 4) is 0 Å². The summed E-state index contributed by atoms with van der Waals surface area (Å²) >= 11 is 0. The van der Waals surface area contributed by atoms with Gasteiger partial charge in [-0.25, -0.2) is 9.97 Å². The Morgan fingerprint density at radius 3 is 2.77 bits per heavy atom. The number of aromatic nitrogens is 4. The molecule has 1 amide bonds. The fraction of sp³-hybridized carbons (Fsp3) is 0.520. The van der Waals surface area contributed by atoms with E-state index in [1.165, 1.54) is 0 Å². The van der Waals surface area contributed by atoms with Crippen LogP contribution in [0.2, 0.25) is 0 Å². The molecule has 5 heterocycles. The quantitative estimate of drug-likeness (QED) is 0.578. The van der Waals surface area contributed by atoms with Crippen LogP contribution in [0.1, 0.15) is 42.7 Å². The number of carbonyl (C=O) groups excluding carboxylic acids is 1. The number of carbonyl (C=O) groups is 1. The van der Waals surface area contributed by atoms with Gasteiger partial charge in [-0.1, -0.05) is 0 Å². The molecular formula is C25H32N8O2. The van der Waals surface area contributed by atoms with Crippen LogP contribution in [0.15, 0.2) is 30.6 Å². The number of hydrogen-bond donors (Lipinski definition) is 2. The zero-order valence-electron chi connectivity index (χ0n) is 20.3. The largest absolute Gasteiger partial charge is 0.395 e. The zero-order valence-corrected chi connectivity index (χ0v) is 20.3. The smallest absolute Gasteiger partial charge is 0.270 e. The first-order valence-corrected chi connectivity index (χ1v) is 12.5. The second-order valence-electron chi connectivity index (χ2n) is 9.94. The standard InChI is InChI=1S/C25H32N8O2/c1-16-15-32(9-8-31(16)10-11-34)18-6-7-22(26-14-18)28-25-27-13-17-12-21-24(35)30(2)19-4-3-5-20(19)33(21)23(17)29-25/h6-7,12-14,16,19-20,34H,3-5,8-11,15H2,1-2H3,(H,26,27,28,29)/t16-,19?,20?/m1/s1. The predicted octanol–water partition coefficient (Wildman–Crippen LogP) is 2.25. The van der Waals surface area contributed by atoms with E-state index in [2.05, 4.69) is 42.6 Å². The topological polar surface area (TPSA) is 103 Å². The van der Waals surface area contributed by atoms with Crippen molar-refractivity contribution in [2.75, 3.05) is 50.1 Å². The van der Waals surface area contributed by atoms with Gasteiger partial charge in [-0.05, 0) is 44.4 Å². The molecule has 0 radical (unpaired) electrons. The molecule has 3 aliphatic rings. The van der Waals surface area contributed by atoms with E-state index in [0.717, 1.165) is 62.2 Å². The number of hydrogen-bond acceptors (Lipinski definition) is 8. The summed E-state index contributed by atoms with van der Waals surface area (Å²) < 4.78 is 2.14. The van der Waals surface area contributed by atoms with Gasteiger partial charge in [0.05, 0.1) is 30.6 Å². The molecule has 184 valence electrons. The minimum atomic E-state index is 0.0597. The Morgan fingerprint density at radius 2 is 2.00 bits per heavy atom. The molecule has 2 unspecified atom stereocenters. The number of anilines is 3. The number of pyridine rings is 1. The fourth-order valence-electron chi connectivity index (χ4n) is 6.03. The van der Waals surface area contributed by atoms with E-state index in [0.29, 0.717) is 23.5 Å². The van der Waals surface area contributed by atoms with Crippen molar-refractivity contribution in [2.24, 2.45) is 0 Å². The minimum absolute atomic E-state index is 0.0597. The number of rotatable bonds is 5. The van der Waals surface area contributed by atoms with Crippen molar-refractivity contribution in [1.82, 2.24) is 29.3 Å². The fourth-order valence-corrected chi connectivity index (χ4v) is 6.03. The Kier molecular flexibility index (Phi) is 5.57. The van der Waals surface area contributed by atoms with Gasteiger partial charge in [0.1, 0.15) is 17.2 Å². The first kappa shape index (κ1) is 22.2. The molecule has 6 rings (SSSR count). The molecule has 2 N–H and O–H groups in total. The molecule has 1 aliphatic carbocycles. The Hall–Kier alpha value is -3.24. The van der Waals surface area contributed by atoms with Crippen molar-refractivity contribution >= 4 is 34.4 Å². The average molecular weight is 477 g/mol. The highest BCUT2D eigenvalue weighted by Crippen LogP contribution is 2.41. The van der Waals surface area contributed by atoms with Crippen LogP contribution in [-0.2, 0) is 0 Å². The number of aliphatic hydroxyl groups is 1. The van der Waals surface area contributed by atoms with Crippen LogP contribution in [0.25, 0.3) is 11.0 Å². The van der Waals surface area contributed by atoms with Gasteiger partial charge < -0.3 is 24.8 Å². The molecule has 10 nitrogen and oxygen atoms in total. The lowest BCUT2D eigenvalue weighted by Crippen LogP contribution is -2.52. The molecule has 1 saturated carbocycles. The Morgan fingerprint density at radius 1 is 1.14 bits per heavy atom. The molecule has 2 fully saturated rings. The molecule has 0 aromatic carbocycles. The van der Waals surface area contributed by atoms with Gasteiger partial charge in [-0.3, -0.25) is 9.69 Å². The molecule has 3 aromatic heterocycles. The number of amides is 1. The van der Waals surface area contributed by atoms with E-state index in [-0.39, 0.29) is 24.6 Å². The third kappa shape index (κ3) is 3.81. The molecule has 10 heteroatoms. The lowest BCUT2D eigenvalue weighted by Gasteiger charge is -2.40. The van der Waals surface area contributed by atoms with Gasteiger partial charge in [0, 0.05) is 50.9 Å². The van der Waals surface area contributed by atoms with E-state index < -0.39 is 0 Å². The molecule has 35 heavy (non-hydrogen) atoms. The molecule has 0 bridgehead atoms. The highest BCUT2D eigenvalue weighted by molar-refractivity contribution is 5.99. The first-order chi connectivity index (χ1) is 17.0. The van der Waals surface area contributed by atoms with Crippen LogP contribution in [0.3, 0.4) is 0 Å². The van der Waals surface area contributed by atoms with Gasteiger partial charge in [0.15, 0.2) is 0 Å². The van der Waals surface area contributed by atoms with Gasteiger partial charge in [-0.15, -0.1) is 0 Å². The number of aliphatic hydroxyl groups excluding tert-OH is 1. The number of nitrogens with one attached hydrogen (secondary N) is 1. The van der Waals surface area contributed by atoms with Crippen molar-refractivity contribution < 1.29 is 9.90 Å². The van der Waals surface area contributed by atoms with E-state index in [1.54, 1.807) is 6.20 Å². The van der Waals surface area contributed by atoms with Gasteiger partial charge >= 0.3 is 0 Å². The van der Waals surface area contributed by atoms with E-state index in [1.807, 2.05) is 30.3 Å². The predicted molar refractivity (Wildman–Crippen MR) is 134 cm³/mol. The molecule has 3 atom stereocenters. The summed E-state index contributed by atoms with van der Waals surface area (Å²) in [4.78, 5) is 33.4. The highest BCUT2D eigenvalue weighted by atomic mass is 16.3. The Labute approximate surface area is 204 Å². The molecule has 1 saturated heterocycles. The SMILES string of the molecule is C[C@@H]1CN(c2ccc(Nc3ncc4cc5n(c4n3)C3CCCC3N(C)C5=O)nc2)CCN1CCO. The first-order valence-electron chi connectivity index (χ1n) is 12.5. The van der Waals surface area contributed by atoms with Gasteiger partial charge in [0.2, 0.25) is 5.95 Å². The summed E-state index contributed by atoms with van der Waals surface area (Å²) in [5.41, 5.74) is 2.59. The third-order valence-electron chi connectivity index (χ3n) is 7.89. The van der Waals surface area contributed by atoms with Crippen molar-refractivity contribution in [1.29, 1.82) is 0 Å². The van der Waals surface area contributed by atoms with E-state index in [4.69, 9.17) is 4.98 Å². The average Bonchev–Trinajstić information content (AvgIpc) is 3.49. The minimum Gasteiger partial charge on any atom is -0.395 e. The summed E-state index contributed by atoms with van der Waals surface area (Å²) in [5.74, 6) is 1.22. The number of likely N-dealkylation sites (N-methyl/N-ethyl adjacent to an activating group) is 1. The number of piperazine rings is 1. The second kappa shape index (κ2) is 8.76. The van der Waals surface area contributed by atoms with Gasteiger partial charge in [-0.2, -0.15) is 4.98 Å². The molecule has 0 spiro atoms. The number of nitrogens with zero attached hydrogens (tertiary/aromatic N) is 7. The normalized spacial score (nSPS) is 24.7. The van der Waals surface area contributed by atoms with Gasteiger partial charge in [0.25, 0.3) is 5.91 Å². The summed E-state index contributed by atoms with van der Waals surface area (Å²) in [5, 5.41) is 13.4. The van der Waals surface area contributed by atoms with E-state index in [9.17, 15) is 9.90 Å². The summed E-state index contributed by atoms with van der Waals surface area (Å²) in [6.45, 7) is 5.85. The maximum Gasteiger partial charge on any atom is 0.270 e. The summed E-state index contributed by atoms with van der Waals surface area (Å²) in [6.07, 6.45) is 6.88. The lowest BCUT2D eigenvalue weighted by molar-refractivity contribution is 0.0632. The lowest BCUT2D eigenvalue weighted by atomic mass is 10.1. The van der Waals surface area contributed by atoms with Crippen LogP contribution in [0.5, 0.6) is 0 Å². The Bertz CT molecular complexity index is 1240. The van der Waals surface area contributed by atoms with Crippen LogP contribution in [-0.4, -0.2) is 92.2 Å². The molecule has 2 aliphatic heterocycles. The van der Waals surface area contributed by atoms with E-state index >= 15 is 0 Å². The third-order valence-corrected chi connectivity index (χ3v) is 7.89. The van der Waals surface area contributed by atoms with Crippen molar-refractivity contribution in [3.05, 3.63) is 36.3 Å². The monoisotopic (exact) mass is 476 g/mol. The summed E-state index contributed by atoms with van der Waals surface area (Å²) in [6, 6.07) is 6.82. The second-order valence-corrected chi connectivity index (χ2v) is 9.94.